The van der Waals surface area contributed by atoms with E-state index in [-0.39, 0.29) is 5.91 Å². The van der Waals surface area contributed by atoms with Crippen LogP contribution < -0.4 is 10.6 Å². The third kappa shape index (κ3) is 3.89. The molecule has 0 atom stereocenters. The highest BCUT2D eigenvalue weighted by molar-refractivity contribution is 5.92. The van der Waals surface area contributed by atoms with E-state index in [0.717, 1.165) is 11.4 Å². The van der Waals surface area contributed by atoms with E-state index >= 15 is 0 Å². The van der Waals surface area contributed by atoms with Gasteiger partial charge in [-0.15, -0.1) is 0 Å². The number of benzene rings is 1. The Balaban J connectivity index is 1.94. The van der Waals surface area contributed by atoms with Crippen molar-refractivity contribution in [2.75, 3.05) is 11.9 Å². The fraction of sp³-hybridized carbons (Fsp3) is 0.308. The van der Waals surface area contributed by atoms with Crippen LogP contribution in [-0.2, 0) is 4.79 Å². The largest absolute Gasteiger partial charge is 0.325 e. The first-order valence-corrected chi connectivity index (χ1v) is 6.13. The first kappa shape index (κ1) is 13.2. The van der Waals surface area contributed by atoms with Gasteiger partial charge in [0.05, 0.1) is 12.2 Å². The minimum Gasteiger partial charge on any atom is -0.325 e. The Bertz CT molecular complexity index is 518. The van der Waals surface area contributed by atoms with Gasteiger partial charge in [0, 0.05) is 11.7 Å². The molecule has 0 spiro atoms. The van der Waals surface area contributed by atoms with Gasteiger partial charge in [-0.3, -0.25) is 4.79 Å². The predicted octanol–water partition coefficient (Wildman–Crippen LogP) is 1.20. The van der Waals surface area contributed by atoms with Crippen LogP contribution in [0, 0.1) is 0 Å². The van der Waals surface area contributed by atoms with E-state index in [1.807, 2.05) is 38.1 Å². The summed E-state index contributed by atoms with van der Waals surface area (Å²) in [4.78, 5) is 15.5. The molecule has 19 heavy (non-hydrogen) atoms. The first-order chi connectivity index (χ1) is 9.15. The van der Waals surface area contributed by atoms with E-state index in [1.54, 1.807) is 11.0 Å². The quantitative estimate of drug-likeness (QED) is 0.846. The Morgan fingerprint density at radius 2 is 2.05 bits per heavy atom. The molecule has 100 valence electrons. The number of rotatable bonds is 5. The third-order valence-electron chi connectivity index (χ3n) is 2.51. The van der Waals surface area contributed by atoms with Crippen LogP contribution in [0.25, 0.3) is 5.69 Å². The Morgan fingerprint density at radius 1 is 1.32 bits per heavy atom. The number of carbonyl (C=O) groups is 1. The number of amides is 1. The summed E-state index contributed by atoms with van der Waals surface area (Å²) in [6, 6.07) is 7.72. The summed E-state index contributed by atoms with van der Waals surface area (Å²) in [5.74, 6) is -0.0535. The van der Waals surface area contributed by atoms with Gasteiger partial charge in [0.2, 0.25) is 5.91 Å². The lowest BCUT2D eigenvalue weighted by Gasteiger charge is -2.09. The van der Waals surface area contributed by atoms with Gasteiger partial charge < -0.3 is 10.6 Å². The molecule has 0 aliphatic rings. The topological polar surface area (TPSA) is 71.8 Å². The zero-order valence-electron chi connectivity index (χ0n) is 11.0. The van der Waals surface area contributed by atoms with E-state index in [1.165, 1.54) is 6.33 Å². The van der Waals surface area contributed by atoms with Crippen molar-refractivity contribution >= 4 is 11.6 Å². The molecule has 1 aromatic carbocycles. The normalized spacial score (nSPS) is 10.7. The highest BCUT2D eigenvalue weighted by atomic mass is 16.1. The summed E-state index contributed by atoms with van der Waals surface area (Å²) in [6.45, 7) is 4.31. The second-order valence-corrected chi connectivity index (χ2v) is 4.47. The van der Waals surface area contributed by atoms with Crippen LogP contribution in [0.4, 0.5) is 5.69 Å². The van der Waals surface area contributed by atoms with E-state index in [0.29, 0.717) is 12.6 Å². The second kappa shape index (κ2) is 6.10. The van der Waals surface area contributed by atoms with E-state index in [2.05, 4.69) is 20.7 Å². The Morgan fingerprint density at radius 3 is 2.63 bits per heavy atom. The molecule has 0 unspecified atom stereocenters. The second-order valence-electron chi connectivity index (χ2n) is 4.47. The van der Waals surface area contributed by atoms with E-state index in [4.69, 9.17) is 0 Å². The molecule has 1 amide bonds. The molecule has 0 saturated carbocycles. The molecular formula is C13H17N5O. The lowest BCUT2D eigenvalue weighted by atomic mass is 10.3. The van der Waals surface area contributed by atoms with Crippen molar-refractivity contribution in [1.29, 1.82) is 0 Å². The molecule has 6 nitrogen and oxygen atoms in total. The minimum atomic E-state index is -0.0535. The van der Waals surface area contributed by atoms with Crippen LogP contribution >= 0.6 is 0 Å². The molecule has 2 rings (SSSR count). The molecule has 0 bridgehead atoms. The average molecular weight is 259 g/mol. The smallest absolute Gasteiger partial charge is 0.238 e. The van der Waals surface area contributed by atoms with Crippen molar-refractivity contribution in [3.8, 4) is 5.69 Å². The van der Waals surface area contributed by atoms with Gasteiger partial charge in [0.1, 0.15) is 12.7 Å². The maximum absolute atomic E-state index is 11.6. The maximum atomic E-state index is 11.6. The van der Waals surface area contributed by atoms with E-state index < -0.39 is 0 Å². The van der Waals surface area contributed by atoms with Crippen LogP contribution in [0.5, 0.6) is 0 Å². The molecule has 0 aliphatic carbocycles. The molecule has 6 heteroatoms. The zero-order chi connectivity index (χ0) is 13.7. The monoisotopic (exact) mass is 259 g/mol. The van der Waals surface area contributed by atoms with Gasteiger partial charge in [0.25, 0.3) is 0 Å². The summed E-state index contributed by atoms with van der Waals surface area (Å²) in [5, 5.41) is 9.92. The highest BCUT2D eigenvalue weighted by Crippen LogP contribution is 2.11. The number of hydrogen-bond donors (Lipinski definition) is 2. The van der Waals surface area contributed by atoms with E-state index in [9.17, 15) is 4.79 Å². The SMILES string of the molecule is CC(C)NCC(=O)Nc1ccc(-n2cncn2)cc1. The molecular weight excluding hydrogens is 242 g/mol. The average Bonchev–Trinajstić information content (AvgIpc) is 2.91. The number of anilines is 1. The number of aromatic nitrogens is 3. The predicted molar refractivity (Wildman–Crippen MR) is 73.1 cm³/mol. The summed E-state index contributed by atoms with van der Waals surface area (Å²) >= 11 is 0. The van der Waals surface area contributed by atoms with Crippen molar-refractivity contribution in [2.45, 2.75) is 19.9 Å². The van der Waals surface area contributed by atoms with Crippen LogP contribution in [-0.4, -0.2) is 33.3 Å². The van der Waals surface area contributed by atoms with Crippen molar-refractivity contribution < 1.29 is 4.79 Å². The number of nitrogens with zero attached hydrogens (tertiary/aromatic N) is 3. The molecule has 2 aromatic rings. The summed E-state index contributed by atoms with van der Waals surface area (Å²) in [5.41, 5.74) is 1.66. The van der Waals surface area contributed by atoms with Crippen molar-refractivity contribution in [2.24, 2.45) is 0 Å². The Labute approximate surface area is 111 Å². The van der Waals surface area contributed by atoms with Gasteiger partial charge in [-0.1, -0.05) is 13.8 Å². The molecule has 0 fully saturated rings. The molecule has 1 heterocycles. The van der Waals surface area contributed by atoms with Crippen LogP contribution in [0.15, 0.2) is 36.9 Å². The van der Waals surface area contributed by atoms with Gasteiger partial charge in [-0.2, -0.15) is 5.10 Å². The fourth-order valence-corrected chi connectivity index (χ4v) is 1.54. The van der Waals surface area contributed by atoms with Gasteiger partial charge >= 0.3 is 0 Å². The number of hydrogen-bond acceptors (Lipinski definition) is 4. The number of nitrogens with one attached hydrogen (secondary N) is 2. The molecule has 0 aliphatic heterocycles. The lowest BCUT2D eigenvalue weighted by Crippen LogP contribution is -2.32. The summed E-state index contributed by atoms with van der Waals surface area (Å²) in [7, 11) is 0. The number of carbonyl (C=O) groups excluding carboxylic acids is 1. The zero-order valence-corrected chi connectivity index (χ0v) is 11.0. The summed E-state index contributed by atoms with van der Waals surface area (Å²) < 4.78 is 1.66. The highest BCUT2D eigenvalue weighted by Gasteiger charge is 2.03. The van der Waals surface area contributed by atoms with Gasteiger partial charge in [-0.25, -0.2) is 9.67 Å². The van der Waals surface area contributed by atoms with Crippen LogP contribution in [0.2, 0.25) is 0 Å². The molecule has 1 aromatic heterocycles. The van der Waals surface area contributed by atoms with Crippen LogP contribution in [0.1, 0.15) is 13.8 Å². The maximum Gasteiger partial charge on any atom is 0.238 e. The minimum absolute atomic E-state index is 0.0535. The van der Waals surface area contributed by atoms with Gasteiger partial charge in [0.15, 0.2) is 0 Å². The molecule has 0 saturated heterocycles. The fourth-order valence-electron chi connectivity index (χ4n) is 1.54. The van der Waals surface area contributed by atoms with Gasteiger partial charge in [-0.05, 0) is 24.3 Å². The standard InChI is InChI=1S/C13H17N5O/c1-10(2)15-7-13(19)17-11-3-5-12(6-4-11)18-9-14-8-16-18/h3-6,8-10,15H,7H2,1-2H3,(H,17,19). The van der Waals surface area contributed by atoms with Crippen molar-refractivity contribution in [3.05, 3.63) is 36.9 Å². The Kier molecular flexibility index (Phi) is 4.25. The first-order valence-electron chi connectivity index (χ1n) is 6.13. The molecule has 2 N–H and O–H groups in total. The van der Waals surface area contributed by atoms with Crippen molar-refractivity contribution in [3.63, 3.8) is 0 Å². The lowest BCUT2D eigenvalue weighted by molar-refractivity contribution is -0.115. The molecule has 0 radical (unpaired) electrons. The summed E-state index contributed by atoms with van der Waals surface area (Å²) in [6.07, 6.45) is 3.10. The Hall–Kier alpha value is -2.21. The third-order valence-corrected chi connectivity index (χ3v) is 2.51. The van der Waals surface area contributed by atoms with Crippen LogP contribution in [0.3, 0.4) is 0 Å². The van der Waals surface area contributed by atoms with Crippen molar-refractivity contribution in [1.82, 2.24) is 20.1 Å².